The number of nitrogens with zero attached hydrogens (tertiary/aromatic N) is 1. The maximum atomic E-state index is 12.7. The quantitative estimate of drug-likeness (QED) is 0.856. The Morgan fingerprint density at radius 2 is 2.09 bits per heavy atom. The molecule has 0 aliphatic heterocycles. The minimum atomic E-state index is -1.06. The van der Waals surface area contributed by atoms with Crippen LogP contribution in [-0.4, -0.2) is 28.0 Å². The molecule has 3 rings (SSSR count). The summed E-state index contributed by atoms with van der Waals surface area (Å²) in [6.07, 6.45) is 2.17. The summed E-state index contributed by atoms with van der Waals surface area (Å²) in [6, 6.07) is 4.68. The van der Waals surface area contributed by atoms with E-state index in [1.165, 1.54) is 6.92 Å². The summed E-state index contributed by atoms with van der Waals surface area (Å²) in [5, 5.41) is 12.3. The van der Waals surface area contributed by atoms with Crippen molar-refractivity contribution in [1.29, 1.82) is 0 Å². The first-order chi connectivity index (χ1) is 10.9. The number of carbonyl (C=O) groups excluding carboxylic acids is 1. The van der Waals surface area contributed by atoms with E-state index < -0.39 is 12.0 Å². The van der Waals surface area contributed by atoms with Gasteiger partial charge in [0.05, 0.1) is 11.1 Å². The molecule has 0 spiro atoms. The van der Waals surface area contributed by atoms with Crippen LogP contribution in [0.25, 0.3) is 10.9 Å². The van der Waals surface area contributed by atoms with E-state index in [4.69, 9.17) is 10.1 Å². The predicted molar refractivity (Wildman–Crippen MR) is 90.7 cm³/mol. The number of hydrogen-bond acceptors (Lipinski definition) is 3. The fourth-order valence-corrected chi connectivity index (χ4v) is 3.09. The number of nitrogens with one attached hydrogen (secondary N) is 1. The van der Waals surface area contributed by atoms with Crippen molar-refractivity contribution >= 4 is 38.7 Å². The average Bonchev–Trinajstić information content (AvgIpc) is 3.30. The zero-order valence-electron chi connectivity index (χ0n) is 12.9. The van der Waals surface area contributed by atoms with Gasteiger partial charge in [-0.1, -0.05) is 15.9 Å². The third kappa shape index (κ3) is 3.08. The van der Waals surface area contributed by atoms with Crippen molar-refractivity contribution in [2.24, 2.45) is 0 Å². The monoisotopic (exact) mass is 376 g/mol. The topological polar surface area (TPSA) is 79.3 Å². The Balaban J connectivity index is 2.15. The number of aromatic nitrogens is 1. The van der Waals surface area contributed by atoms with Crippen molar-refractivity contribution in [2.45, 2.75) is 38.6 Å². The van der Waals surface area contributed by atoms with E-state index in [9.17, 15) is 9.59 Å². The van der Waals surface area contributed by atoms with Gasteiger partial charge in [-0.2, -0.15) is 0 Å². The molecule has 1 saturated carbocycles. The van der Waals surface area contributed by atoms with Crippen LogP contribution >= 0.6 is 15.9 Å². The fourth-order valence-electron chi connectivity index (χ4n) is 2.73. The van der Waals surface area contributed by atoms with E-state index in [2.05, 4.69) is 21.2 Å². The average molecular weight is 377 g/mol. The van der Waals surface area contributed by atoms with Gasteiger partial charge in [-0.25, -0.2) is 0 Å². The van der Waals surface area contributed by atoms with Gasteiger partial charge in [-0.3, -0.25) is 14.6 Å². The number of halogens is 1. The largest absolute Gasteiger partial charge is 0.480 e. The van der Waals surface area contributed by atoms with Crippen molar-refractivity contribution in [2.75, 3.05) is 0 Å². The van der Waals surface area contributed by atoms with Crippen molar-refractivity contribution in [1.82, 2.24) is 10.3 Å². The number of fused-ring (bicyclic) bond motifs is 1. The molecule has 1 atom stereocenters. The Bertz CT molecular complexity index is 815. The summed E-state index contributed by atoms with van der Waals surface area (Å²) >= 11 is 3.42. The number of benzene rings is 1. The number of carbonyl (C=O) groups is 2. The van der Waals surface area contributed by atoms with Crippen LogP contribution in [0.2, 0.25) is 0 Å². The van der Waals surface area contributed by atoms with Crippen LogP contribution in [0.1, 0.15) is 47.3 Å². The molecule has 1 aliphatic rings. The highest BCUT2D eigenvalue weighted by Gasteiger charge is 2.30. The van der Waals surface area contributed by atoms with E-state index >= 15 is 0 Å². The summed E-state index contributed by atoms with van der Waals surface area (Å²) in [5.41, 5.74) is 3.07. The molecule has 1 aromatic heterocycles. The number of aliphatic carboxylic acids is 1. The lowest BCUT2D eigenvalue weighted by Crippen LogP contribution is -2.38. The first-order valence-corrected chi connectivity index (χ1v) is 8.31. The van der Waals surface area contributed by atoms with E-state index in [1.54, 1.807) is 0 Å². The third-order valence-corrected chi connectivity index (χ3v) is 4.63. The van der Waals surface area contributed by atoms with Gasteiger partial charge in [-0.05, 0) is 50.5 Å². The Hall–Kier alpha value is -1.95. The first-order valence-electron chi connectivity index (χ1n) is 7.52. The molecule has 6 heteroatoms. The van der Waals surface area contributed by atoms with Gasteiger partial charge < -0.3 is 10.4 Å². The highest BCUT2D eigenvalue weighted by Crippen LogP contribution is 2.42. The lowest BCUT2D eigenvalue weighted by molar-refractivity contribution is -0.138. The summed E-state index contributed by atoms with van der Waals surface area (Å²) in [5.74, 6) is -1.02. The Kier molecular flexibility index (Phi) is 4.10. The van der Waals surface area contributed by atoms with E-state index in [0.29, 0.717) is 11.5 Å². The predicted octanol–water partition coefficient (Wildman–Crippen LogP) is 3.39. The van der Waals surface area contributed by atoms with Crippen LogP contribution in [0, 0.1) is 6.92 Å². The molecule has 1 fully saturated rings. The van der Waals surface area contributed by atoms with Crippen molar-refractivity contribution in [3.05, 3.63) is 39.5 Å². The van der Waals surface area contributed by atoms with Crippen molar-refractivity contribution < 1.29 is 14.7 Å². The standard InChI is InChI=1S/C17H17BrN2O3/c1-8-14(16(21)19-9(2)17(22)23)12-7-11(18)5-6-13(12)20-15(8)10-3-4-10/h5-7,9-10H,3-4H2,1-2H3,(H,19,21)(H,22,23). The summed E-state index contributed by atoms with van der Waals surface area (Å²) in [7, 11) is 0. The molecule has 1 heterocycles. The van der Waals surface area contributed by atoms with Gasteiger partial charge in [0.15, 0.2) is 0 Å². The third-order valence-electron chi connectivity index (χ3n) is 4.14. The lowest BCUT2D eigenvalue weighted by atomic mass is 9.98. The highest BCUT2D eigenvalue weighted by molar-refractivity contribution is 9.10. The lowest BCUT2D eigenvalue weighted by Gasteiger charge is -2.16. The van der Waals surface area contributed by atoms with Crippen LogP contribution in [0.3, 0.4) is 0 Å². The van der Waals surface area contributed by atoms with Gasteiger partial charge in [0, 0.05) is 21.5 Å². The molecule has 0 radical (unpaired) electrons. The van der Waals surface area contributed by atoms with Gasteiger partial charge in [0.1, 0.15) is 6.04 Å². The minimum absolute atomic E-state index is 0.371. The van der Waals surface area contributed by atoms with Gasteiger partial charge >= 0.3 is 5.97 Å². The number of carboxylic acid groups (broad SMARTS) is 1. The Labute approximate surface area is 142 Å². The van der Waals surface area contributed by atoms with Gasteiger partial charge in [-0.15, -0.1) is 0 Å². The summed E-state index contributed by atoms with van der Waals surface area (Å²) < 4.78 is 0.853. The van der Waals surface area contributed by atoms with E-state index in [0.717, 1.165) is 39.5 Å². The molecule has 23 heavy (non-hydrogen) atoms. The van der Waals surface area contributed by atoms with Crippen LogP contribution < -0.4 is 5.32 Å². The smallest absolute Gasteiger partial charge is 0.325 e. The zero-order valence-corrected chi connectivity index (χ0v) is 14.5. The Morgan fingerprint density at radius 3 is 2.70 bits per heavy atom. The van der Waals surface area contributed by atoms with E-state index in [1.807, 2.05) is 25.1 Å². The summed E-state index contributed by atoms with van der Waals surface area (Å²) in [4.78, 5) is 28.4. The van der Waals surface area contributed by atoms with Gasteiger partial charge in [0.2, 0.25) is 0 Å². The van der Waals surface area contributed by atoms with Crippen molar-refractivity contribution in [3.63, 3.8) is 0 Å². The Morgan fingerprint density at radius 1 is 1.39 bits per heavy atom. The molecule has 1 amide bonds. The zero-order chi connectivity index (χ0) is 16.7. The molecule has 1 aromatic carbocycles. The first kappa shape index (κ1) is 15.9. The number of rotatable bonds is 4. The molecule has 1 aliphatic carbocycles. The number of hydrogen-bond donors (Lipinski definition) is 2. The van der Waals surface area contributed by atoms with Crippen LogP contribution in [0.15, 0.2) is 22.7 Å². The number of amides is 1. The normalized spacial score (nSPS) is 15.4. The minimum Gasteiger partial charge on any atom is -0.480 e. The molecule has 1 unspecified atom stereocenters. The molecule has 0 bridgehead atoms. The maximum absolute atomic E-state index is 12.7. The maximum Gasteiger partial charge on any atom is 0.325 e. The molecular weight excluding hydrogens is 360 g/mol. The highest BCUT2D eigenvalue weighted by atomic mass is 79.9. The number of pyridine rings is 1. The number of carboxylic acids is 1. The molecular formula is C17H17BrN2O3. The molecule has 2 aromatic rings. The van der Waals surface area contributed by atoms with Crippen LogP contribution in [0.4, 0.5) is 0 Å². The second-order valence-corrected chi connectivity index (χ2v) is 6.88. The van der Waals surface area contributed by atoms with E-state index in [-0.39, 0.29) is 5.91 Å². The fraction of sp³-hybridized carbons (Fsp3) is 0.353. The van der Waals surface area contributed by atoms with Gasteiger partial charge in [0.25, 0.3) is 5.91 Å². The molecule has 5 nitrogen and oxygen atoms in total. The second-order valence-electron chi connectivity index (χ2n) is 5.97. The molecule has 2 N–H and O–H groups in total. The van der Waals surface area contributed by atoms with Crippen molar-refractivity contribution in [3.8, 4) is 0 Å². The van der Waals surface area contributed by atoms with Crippen LogP contribution in [0.5, 0.6) is 0 Å². The summed E-state index contributed by atoms with van der Waals surface area (Å²) in [6.45, 7) is 3.35. The SMILES string of the molecule is Cc1c(C2CC2)nc2ccc(Br)cc2c1C(=O)NC(C)C(=O)O. The molecule has 120 valence electrons. The second kappa shape index (κ2) is 5.92. The van der Waals surface area contributed by atoms with Crippen LogP contribution in [-0.2, 0) is 4.79 Å². The molecule has 0 saturated heterocycles.